The third-order valence-electron chi connectivity index (χ3n) is 8.50. The zero-order chi connectivity index (χ0) is 40.2. The van der Waals surface area contributed by atoms with Gasteiger partial charge in [0, 0.05) is 19.4 Å². The number of carbonyl (C=O) groups is 8. The van der Waals surface area contributed by atoms with Crippen LogP contribution in [0.25, 0.3) is 0 Å². The number of hydrogen-bond acceptors (Lipinski definition) is 9. The van der Waals surface area contributed by atoms with Gasteiger partial charge < -0.3 is 47.2 Å². The fraction of sp³-hybridized carbons (Fsp3) is 0.588. The van der Waals surface area contributed by atoms with Gasteiger partial charge in [-0.2, -0.15) is 0 Å². The van der Waals surface area contributed by atoms with E-state index in [4.69, 9.17) is 15.9 Å². The van der Waals surface area contributed by atoms with Crippen molar-refractivity contribution >= 4 is 47.4 Å². The molecule has 1 aromatic rings. The molecule has 0 bridgehead atoms. The number of amides is 5. The third-order valence-corrected chi connectivity index (χ3v) is 8.50. The molecule has 19 heteroatoms. The first-order valence-corrected chi connectivity index (χ1v) is 17.1. The minimum absolute atomic E-state index is 0.0125. The molecule has 0 unspecified atom stereocenters. The second-order valence-corrected chi connectivity index (χ2v) is 13.6. The van der Waals surface area contributed by atoms with Crippen molar-refractivity contribution in [1.82, 2.24) is 26.2 Å². The van der Waals surface area contributed by atoms with Crippen molar-refractivity contribution in [1.29, 1.82) is 0 Å². The zero-order valence-corrected chi connectivity index (χ0v) is 29.9. The van der Waals surface area contributed by atoms with Crippen molar-refractivity contribution in [3.05, 3.63) is 35.4 Å². The lowest BCUT2D eigenvalue weighted by atomic mass is 9.98. The summed E-state index contributed by atoms with van der Waals surface area (Å²) in [6, 6.07) is -5.32. The molecule has 0 aliphatic carbocycles. The lowest BCUT2D eigenvalue weighted by Crippen LogP contribution is -2.60. The van der Waals surface area contributed by atoms with Crippen LogP contribution in [0.2, 0.25) is 0 Å². The van der Waals surface area contributed by atoms with Gasteiger partial charge in [0.05, 0.1) is 12.5 Å². The van der Waals surface area contributed by atoms with Gasteiger partial charge >= 0.3 is 17.9 Å². The third kappa shape index (κ3) is 13.4. The predicted octanol–water partition coefficient (Wildman–Crippen LogP) is -0.109. The van der Waals surface area contributed by atoms with Gasteiger partial charge in [0.2, 0.25) is 29.5 Å². The van der Waals surface area contributed by atoms with Crippen LogP contribution < -0.4 is 27.0 Å². The first-order chi connectivity index (χ1) is 24.7. The van der Waals surface area contributed by atoms with E-state index < -0.39 is 114 Å². The fourth-order valence-corrected chi connectivity index (χ4v) is 5.71. The summed E-state index contributed by atoms with van der Waals surface area (Å²) in [5.41, 5.74) is 5.50. The molecule has 0 saturated carbocycles. The molecule has 5 amide bonds. The number of hydrogen-bond donors (Lipinski definition) is 8. The molecule has 0 aromatic heterocycles. The predicted molar refractivity (Wildman–Crippen MR) is 182 cm³/mol. The van der Waals surface area contributed by atoms with Gasteiger partial charge in [0.25, 0.3) is 0 Å². The highest BCUT2D eigenvalue weighted by Gasteiger charge is 2.40. The topological polar surface area (TPSA) is 275 Å². The summed E-state index contributed by atoms with van der Waals surface area (Å²) in [5.74, 6) is -12.0. The van der Waals surface area contributed by atoms with E-state index in [-0.39, 0.29) is 50.1 Å². The Morgan fingerprint density at radius 2 is 1.49 bits per heavy atom. The van der Waals surface area contributed by atoms with Crippen LogP contribution >= 0.6 is 0 Å². The van der Waals surface area contributed by atoms with Crippen LogP contribution in [0.1, 0.15) is 71.8 Å². The molecular formula is C34H48F2N6O11. The Morgan fingerprint density at radius 1 is 0.849 bits per heavy atom. The quantitative estimate of drug-likeness (QED) is 0.0867. The Kier molecular flexibility index (Phi) is 16.7. The Bertz CT molecular complexity index is 1540. The molecule has 1 aromatic carbocycles. The molecule has 1 aliphatic rings. The highest BCUT2D eigenvalue weighted by atomic mass is 19.2. The van der Waals surface area contributed by atoms with Crippen LogP contribution in [0.3, 0.4) is 0 Å². The van der Waals surface area contributed by atoms with Gasteiger partial charge in [-0.05, 0) is 49.1 Å². The van der Waals surface area contributed by atoms with Crippen molar-refractivity contribution in [3.63, 3.8) is 0 Å². The maximum Gasteiger partial charge on any atom is 0.326 e. The Balaban J connectivity index is 2.40. The van der Waals surface area contributed by atoms with Gasteiger partial charge in [0.1, 0.15) is 30.2 Å². The molecule has 1 aliphatic heterocycles. The number of rotatable bonds is 20. The summed E-state index contributed by atoms with van der Waals surface area (Å²) < 4.78 is 29.1. The van der Waals surface area contributed by atoms with Crippen LogP contribution in [0.4, 0.5) is 8.78 Å². The van der Waals surface area contributed by atoms with E-state index in [9.17, 15) is 52.2 Å². The molecule has 2 rings (SSSR count). The van der Waals surface area contributed by atoms with Crippen molar-refractivity contribution in [2.24, 2.45) is 17.6 Å². The van der Waals surface area contributed by atoms with Crippen molar-refractivity contribution in [2.75, 3.05) is 6.54 Å². The van der Waals surface area contributed by atoms with Crippen LogP contribution in [0.15, 0.2) is 18.2 Å². The van der Waals surface area contributed by atoms with Crippen molar-refractivity contribution in [3.8, 4) is 0 Å². The van der Waals surface area contributed by atoms with Gasteiger partial charge in [-0.1, -0.05) is 39.8 Å². The summed E-state index contributed by atoms with van der Waals surface area (Å²) in [6.45, 7) is 6.64. The number of nitrogens with zero attached hydrogens (tertiary/aromatic N) is 1. The van der Waals surface area contributed by atoms with Crippen molar-refractivity contribution < 1.29 is 62.5 Å². The molecule has 0 spiro atoms. The molecule has 53 heavy (non-hydrogen) atoms. The number of likely N-dealkylation sites (tertiary alicyclic amines) is 1. The molecule has 1 heterocycles. The largest absolute Gasteiger partial charge is 0.481 e. The fourth-order valence-electron chi connectivity index (χ4n) is 5.71. The molecule has 1 fully saturated rings. The average Bonchev–Trinajstić information content (AvgIpc) is 3.56. The molecule has 294 valence electrons. The van der Waals surface area contributed by atoms with Gasteiger partial charge in [0.15, 0.2) is 11.6 Å². The molecule has 17 nitrogen and oxygen atoms in total. The molecule has 1 saturated heterocycles. The average molecular weight is 755 g/mol. The lowest BCUT2D eigenvalue weighted by Gasteiger charge is -2.31. The number of carboxylic acid groups (broad SMARTS) is 3. The van der Waals surface area contributed by atoms with E-state index in [0.29, 0.717) is 0 Å². The highest BCUT2D eigenvalue weighted by Crippen LogP contribution is 2.22. The highest BCUT2D eigenvalue weighted by molar-refractivity contribution is 5.97. The maximum absolute atomic E-state index is 14.9. The standard InChI is InChI=1S/C34H48F2N6O11/c1-16(2)13-21(38-32(50)28(17(3)4)41-29(47)20(37)10-11-25(43)44)30(48)39-22(14-18-7-5-8-19(35)27(18)36)33(51)42-12-6-9-24(42)31(49)40-23(34(52)53)15-26(45)46/h5,7-8,16-17,20-24,28H,6,9-15,37H2,1-4H3,(H,38,50)(H,39,48)(H,40,49)(H,41,47)(H,43,44)(H,45,46)(H,52,53)/t20-,21-,22-,23-,24+,28-/m0/s1. The zero-order valence-electron chi connectivity index (χ0n) is 29.9. The normalized spacial score (nSPS) is 16.9. The number of carboxylic acids is 3. The minimum atomic E-state index is -1.81. The minimum Gasteiger partial charge on any atom is -0.481 e. The SMILES string of the molecule is CC(C)C[C@H](NC(=O)[C@@H](NC(=O)[C@@H](N)CCC(=O)O)C(C)C)C(=O)N[C@@H](Cc1cccc(F)c1F)C(=O)N1CCC[C@@H]1C(=O)N[C@@H](CC(=O)O)C(=O)O. The summed E-state index contributed by atoms with van der Waals surface area (Å²) >= 11 is 0. The van der Waals surface area contributed by atoms with E-state index in [2.05, 4.69) is 21.3 Å². The first kappa shape index (κ1) is 44.0. The molecule has 9 N–H and O–H groups in total. The van der Waals surface area contributed by atoms with E-state index in [1.54, 1.807) is 27.7 Å². The van der Waals surface area contributed by atoms with Crippen LogP contribution in [-0.2, 0) is 44.8 Å². The maximum atomic E-state index is 14.9. The van der Waals surface area contributed by atoms with Gasteiger partial charge in [-0.25, -0.2) is 13.6 Å². The Labute approximate surface area is 304 Å². The van der Waals surface area contributed by atoms with Gasteiger partial charge in [-0.15, -0.1) is 0 Å². The van der Waals surface area contributed by atoms with Crippen LogP contribution in [-0.4, -0.2) is 110 Å². The first-order valence-electron chi connectivity index (χ1n) is 17.1. The van der Waals surface area contributed by atoms with Crippen LogP contribution in [0, 0.1) is 23.5 Å². The molecule has 6 atom stereocenters. The number of aliphatic carboxylic acids is 3. The van der Waals surface area contributed by atoms with Gasteiger partial charge in [-0.3, -0.25) is 33.6 Å². The Morgan fingerprint density at radius 3 is 2.06 bits per heavy atom. The smallest absolute Gasteiger partial charge is 0.326 e. The molecule has 0 radical (unpaired) electrons. The Hall–Kier alpha value is -5.20. The number of nitrogens with one attached hydrogen (secondary N) is 4. The summed E-state index contributed by atoms with van der Waals surface area (Å²) in [4.78, 5) is 102. The number of benzene rings is 1. The van der Waals surface area contributed by atoms with E-state index >= 15 is 0 Å². The summed E-state index contributed by atoms with van der Waals surface area (Å²) in [6.07, 6.45) is -1.82. The van der Waals surface area contributed by atoms with E-state index in [1.165, 1.54) is 12.1 Å². The van der Waals surface area contributed by atoms with E-state index in [1.807, 2.05) is 0 Å². The van der Waals surface area contributed by atoms with E-state index in [0.717, 1.165) is 11.0 Å². The molecular weight excluding hydrogens is 706 g/mol. The van der Waals surface area contributed by atoms with Crippen molar-refractivity contribution in [2.45, 2.75) is 109 Å². The summed E-state index contributed by atoms with van der Waals surface area (Å²) in [5, 5.41) is 37.0. The lowest BCUT2D eigenvalue weighted by molar-refractivity contribution is -0.148. The summed E-state index contributed by atoms with van der Waals surface area (Å²) in [7, 11) is 0. The monoisotopic (exact) mass is 754 g/mol. The number of carbonyl (C=O) groups excluding carboxylic acids is 5. The van der Waals surface area contributed by atoms with Crippen LogP contribution in [0.5, 0.6) is 0 Å². The number of nitrogens with two attached hydrogens (primary N) is 1. The second kappa shape index (κ2) is 20.1. The second-order valence-electron chi connectivity index (χ2n) is 13.6. The number of halogens is 2.